The molecule has 1 aromatic carbocycles. The minimum atomic E-state index is -0.275. The van der Waals surface area contributed by atoms with Crippen LogP contribution in [0.25, 0.3) is 0 Å². The van der Waals surface area contributed by atoms with E-state index in [1.807, 2.05) is 14.1 Å². The third-order valence-corrected chi connectivity index (χ3v) is 3.97. The van der Waals surface area contributed by atoms with Gasteiger partial charge in [0, 0.05) is 30.2 Å². The predicted octanol–water partition coefficient (Wildman–Crippen LogP) is 1.76. The molecule has 0 saturated carbocycles. The molecule has 120 valence electrons. The summed E-state index contributed by atoms with van der Waals surface area (Å²) in [7, 11) is 4.00. The number of carbonyl (C=O) groups excluding carboxylic acids is 2. The third kappa shape index (κ3) is 4.45. The first-order valence-electron chi connectivity index (χ1n) is 7.45. The Kier molecular flexibility index (Phi) is 5.80. The first-order valence-corrected chi connectivity index (χ1v) is 7.83. The molecular weight excluding hydrogens is 302 g/mol. The smallest absolute Gasteiger partial charge is 0.227 e. The molecule has 6 heteroatoms. The Bertz CT molecular complexity index is 531. The highest BCUT2D eigenvalue weighted by molar-refractivity contribution is 6.30. The van der Waals surface area contributed by atoms with Crippen LogP contribution in [0.15, 0.2) is 24.3 Å². The van der Waals surface area contributed by atoms with E-state index in [0.717, 1.165) is 18.7 Å². The van der Waals surface area contributed by atoms with E-state index in [1.165, 1.54) is 0 Å². The summed E-state index contributed by atoms with van der Waals surface area (Å²) >= 11 is 5.86. The van der Waals surface area contributed by atoms with Crippen molar-refractivity contribution in [3.05, 3.63) is 29.3 Å². The lowest BCUT2D eigenvalue weighted by Crippen LogP contribution is -2.34. The Morgan fingerprint density at radius 2 is 2.05 bits per heavy atom. The molecule has 1 aromatic rings. The van der Waals surface area contributed by atoms with Gasteiger partial charge in [-0.05, 0) is 51.3 Å². The summed E-state index contributed by atoms with van der Waals surface area (Å²) < 4.78 is 0. The first-order chi connectivity index (χ1) is 10.5. The number of amides is 2. The van der Waals surface area contributed by atoms with Crippen LogP contribution in [0.4, 0.5) is 5.69 Å². The Labute approximate surface area is 136 Å². The predicted molar refractivity (Wildman–Crippen MR) is 88.1 cm³/mol. The van der Waals surface area contributed by atoms with Crippen molar-refractivity contribution in [1.82, 2.24) is 10.2 Å². The Morgan fingerprint density at radius 1 is 1.36 bits per heavy atom. The molecule has 0 aromatic heterocycles. The number of rotatable bonds is 6. The van der Waals surface area contributed by atoms with E-state index in [-0.39, 0.29) is 24.2 Å². The van der Waals surface area contributed by atoms with E-state index >= 15 is 0 Å². The molecule has 0 unspecified atom stereocenters. The molecule has 1 aliphatic rings. The molecule has 1 saturated heterocycles. The summed E-state index contributed by atoms with van der Waals surface area (Å²) in [6, 6.07) is 7.10. The van der Waals surface area contributed by atoms with Gasteiger partial charge in [0.05, 0.1) is 5.92 Å². The Hall–Kier alpha value is -1.59. The zero-order valence-corrected chi connectivity index (χ0v) is 13.8. The molecule has 5 nitrogen and oxygen atoms in total. The van der Waals surface area contributed by atoms with E-state index < -0.39 is 0 Å². The second-order valence-electron chi connectivity index (χ2n) is 5.83. The summed E-state index contributed by atoms with van der Waals surface area (Å²) in [6.45, 7) is 2.00. The van der Waals surface area contributed by atoms with Crippen molar-refractivity contribution in [2.24, 2.45) is 5.92 Å². The van der Waals surface area contributed by atoms with Crippen LogP contribution in [0.1, 0.15) is 12.8 Å². The fourth-order valence-corrected chi connectivity index (χ4v) is 2.63. The Balaban J connectivity index is 1.86. The zero-order valence-electron chi connectivity index (χ0n) is 13.0. The van der Waals surface area contributed by atoms with Gasteiger partial charge in [0.1, 0.15) is 0 Å². The quantitative estimate of drug-likeness (QED) is 0.812. The van der Waals surface area contributed by atoms with Crippen molar-refractivity contribution >= 4 is 29.1 Å². The van der Waals surface area contributed by atoms with E-state index in [1.54, 1.807) is 29.2 Å². The number of nitrogens with one attached hydrogen (secondary N) is 1. The monoisotopic (exact) mass is 323 g/mol. The molecule has 22 heavy (non-hydrogen) atoms. The normalized spacial score (nSPS) is 18.1. The van der Waals surface area contributed by atoms with Crippen molar-refractivity contribution in [2.45, 2.75) is 12.8 Å². The molecule has 0 aliphatic carbocycles. The maximum Gasteiger partial charge on any atom is 0.227 e. The van der Waals surface area contributed by atoms with Gasteiger partial charge in [-0.3, -0.25) is 9.59 Å². The van der Waals surface area contributed by atoms with Crippen LogP contribution in [0.3, 0.4) is 0 Å². The van der Waals surface area contributed by atoms with Gasteiger partial charge in [0.2, 0.25) is 11.8 Å². The SMILES string of the molecule is CN(C)CCCNC(=O)[C@@H]1CC(=O)N(c2ccc(Cl)cc2)C1. The first kappa shape index (κ1) is 16.8. The van der Waals surface area contributed by atoms with Crippen molar-refractivity contribution in [1.29, 1.82) is 0 Å². The van der Waals surface area contributed by atoms with Crippen molar-refractivity contribution in [3.63, 3.8) is 0 Å². The third-order valence-electron chi connectivity index (χ3n) is 3.72. The molecular formula is C16H22ClN3O2. The number of benzene rings is 1. The molecule has 2 rings (SSSR count). The van der Waals surface area contributed by atoms with E-state index in [2.05, 4.69) is 10.2 Å². The van der Waals surface area contributed by atoms with Gasteiger partial charge in [-0.1, -0.05) is 11.6 Å². The van der Waals surface area contributed by atoms with Gasteiger partial charge < -0.3 is 15.1 Å². The van der Waals surface area contributed by atoms with Crippen LogP contribution in [0.5, 0.6) is 0 Å². The average molecular weight is 324 g/mol. The van der Waals surface area contributed by atoms with Crippen LogP contribution >= 0.6 is 11.6 Å². The number of nitrogens with zero attached hydrogens (tertiary/aromatic N) is 2. The molecule has 0 spiro atoms. The second-order valence-corrected chi connectivity index (χ2v) is 6.27. The van der Waals surface area contributed by atoms with Crippen LogP contribution in [0, 0.1) is 5.92 Å². The highest BCUT2D eigenvalue weighted by Gasteiger charge is 2.34. The molecule has 1 atom stereocenters. The molecule has 1 N–H and O–H groups in total. The molecule has 2 amide bonds. The zero-order chi connectivity index (χ0) is 16.1. The van der Waals surface area contributed by atoms with E-state index in [0.29, 0.717) is 18.1 Å². The molecule has 1 heterocycles. The van der Waals surface area contributed by atoms with E-state index in [4.69, 9.17) is 11.6 Å². The maximum atomic E-state index is 12.1. The summed E-state index contributed by atoms with van der Waals surface area (Å²) in [5.74, 6) is -0.332. The summed E-state index contributed by atoms with van der Waals surface area (Å²) in [4.78, 5) is 28.0. The average Bonchev–Trinajstić information content (AvgIpc) is 2.86. The van der Waals surface area contributed by atoms with Crippen LogP contribution in [-0.2, 0) is 9.59 Å². The van der Waals surface area contributed by atoms with E-state index in [9.17, 15) is 9.59 Å². The standard InChI is InChI=1S/C16H22ClN3O2/c1-19(2)9-3-8-18-16(22)12-10-15(21)20(11-12)14-6-4-13(17)5-7-14/h4-7,12H,3,8-11H2,1-2H3,(H,18,22)/t12-/m1/s1. The van der Waals surface area contributed by atoms with Gasteiger partial charge >= 0.3 is 0 Å². The number of anilines is 1. The molecule has 0 radical (unpaired) electrons. The molecule has 1 aliphatic heterocycles. The number of carbonyl (C=O) groups is 2. The lowest BCUT2D eigenvalue weighted by atomic mass is 10.1. The summed E-state index contributed by atoms with van der Waals surface area (Å²) in [5.41, 5.74) is 0.789. The maximum absolute atomic E-state index is 12.1. The van der Waals surface area contributed by atoms with Gasteiger partial charge in [-0.15, -0.1) is 0 Å². The second kappa shape index (κ2) is 7.61. The van der Waals surface area contributed by atoms with Gasteiger partial charge in [0.15, 0.2) is 0 Å². The minimum absolute atomic E-state index is 0.0178. The van der Waals surface area contributed by atoms with Crippen LogP contribution < -0.4 is 10.2 Å². The largest absolute Gasteiger partial charge is 0.356 e. The highest BCUT2D eigenvalue weighted by Crippen LogP contribution is 2.26. The molecule has 1 fully saturated rings. The summed E-state index contributed by atoms with van der Waals surface area (Å²) in [5, 5.41) is 3.55. The lowest BCUT2D eigenvalue weighted by molar-refractivity contribution is -0.126. The lowest BCUT2D eigenvalue weighted by Gasteiger charge is -2.17. The van der Waals surface area contributed by atoms with Crippen LogP contribution in [0.2, 0.25) is 5.02 Å². The minimum Gasteiger partial charge on any atom is -0.356 e. The number of hydrogen-bond donors (Lipinski definition) is 1. The highest BCUT2D eigenvalue weighted by atomic mass is 35.5. The topological polar surface area (TPSA) is 52.7 Å². The molecule has 0 bridgehead atoms. The fraction of sp³-hybridized carbons (Fsp3) is 0.500. The van der Waals surface area contributed by atoms with Crippen molar-refractivity contribution in [3.8, 4) is 0 Å². The van der Waals surface area contributed by atoms with Gasteiger partial charge in [-0.2, -0.15) is 0 Å². The fourth-order valence-electron chi connectivity index (χ4n) is 2.50. The number of hydrogen-bond acceptors (Lipinski definition) is 3. The summed E-state index contributed by atoms with van der Waals surface area (Å²) in [6.07, 6.45) is 1.17. The van der Waals surface area contributed by atoms with Gasteiger partial charge in [-0.25, -0.2) is 0 Å². The van der Waals surface area contributed by atoms with Crippen molar-refractivity contribution < 1.29 is 9.59 Å². The Morgan fingerprint density at radius 3 is 2.68 bits per heavy atom. The van der Waals surface area contributed by atoms with Crippen LogP contribution in [-0.4, -0.2) is 50.4 Å². The number of halogens is 1. The van der Waals surface area contributed by atoms with Crippen molar-refractivity contribution in [2.75, 3.05) is 38.6 Å². The van der Waals surface area contributed by atoms with Gasteiger partial charge in [0.25, 0.3) is 0 Å².